The summed E-state index contributed by atoms with van der Waals surface area (Å²) in [5.41, 5.74) is 8.12. The van der Waals surface area contributed by atoms with Crippen molar-refractivity contribution in [3.05, 3.63) is 95.7 Å². The number of ether oxygens (including phenoxy) is 1. The van der Waals surface area contributed by atoms with Gasteiger partial charge in [0.05, 0.1) is 18.1 Å². The topological polar surface area (TPSA) is 93.0 Å². The molecule has 0 saturated heterocycles. The maximum Gasteiger partial charge on any atom is 0.393 e. The highest BCUT2D eigenvalue weighted by molar-refractivity contribution is 6.00. The predicted molar refractivity (Wildman–Crippen MR) is 152 cm³/mol. The Morgan fingerprint density at radius 3 is 2.33 bits per heavy atom. The first-order valence-corrected chi connectivity index (χ1v) is 13.1. The lowest BCUT2D eigenvalue weighted by Crippen LogP contribution is -2.35. The molecule has 210 valence electrons. The molecule has 1 aromatic heterocycles. The molecule has 0 saturated carbocycles. The molecular formula is C31H33F3N4O2. The van der Waals surface area contributed by atoms with Crippen molar-refractivity contribution in [2.24, 2.45) is 11.1 Å². The quantitative estimate of drug-likeness (QED) is 0.142. The summed E-state index contributed by atoms with van der Waals surface area (Å²) in [7, 11) is 0. The van der Waals surface area contributed by atoms with Crippen molar-refractivity contribution in [1.82, 2.24) is 15.5 Å². The Labute approximate surface area is 231 Å². The Bertz CT molecular complexity index is 1460. The van der Waals surface area contributed by atoms with Crippen molar-refractivity contribution in [3.8, 4) is 5.75 Å². The summed E-state index contributed by atoms with van der Waals surface area (Å²) in [6.45, 7) is 5.19. The number of alkyl halides is 3. The van der Waals surface area contributed by atoms with E-state index < -0.39 is 18.0 Å². The zero-order chi connectivity index (χ0) is 28.8. The van der Waals surface area contributed by atoms with Crippen LogP contribution < -0.4 is 15.8 Å². The van der Waals surface area contributed by atoms with Crippen LogP contribution in [0.2, 0.25) is 0 Å². The van der Waals surface area contributed by atoms with Gasteiger partial charge in [-0.3, -0.25) is 9.89 Å². The number of benzene rings is 3. The number of allylic oxidation sites excluding steroid dienone is 1. The number of nitrogens with two attached hydrogens (primary N) is 1. The highest BCUT2D eigenvalue weighted by Gasteiger charge is 2.31. The first-order valence-electron chi connectivity index (χ1n) is 13.1. The normalized spacial score (nSPS) is 12.8. The van der Waals surface area contributed by atoms with E-state index >= 15 is 0 Å². The number of amides is 1. The fourth-order valence-electron chi connectivity index (χ4n) is 4.40. The molecule has 0 spiro atoms. The molecule has 1 heterocycles. The lowest BCUT2D eigenvalue weighted by Gasteiger charge is -2.20. The minimum atomic E-state index is -4.40. The van der Waals surface area contributed by atoms with Crippen LogP contribution in [0.3, 0.4) is 0 Å². The van der Waals surface area contributed by atoms with Crippen molar-refractivity contribution < 1.29 is 22.7 Å². The average molecular weight is 551 g/mol. The van der Waals surface area contributed by atoms with Gasteiger partial charge in [-0.2, -0.15) is 18.3 Å². The van der Waals surface area contributed by atoms with Gasteiger partial charge in [0, 0.05) is 17.3 Å². The molecule has 0 bridgehead atoms. The second-order valence-corrected chi connectivity index (χ2v) is 10.3. The Kier molecular flexibility index (Phi) is 8.94. The maximum atomic E-state index is 13.9. The van der Waals surface area contributed by atoms with E-state index in [2.05, 4.69) is 15.5 Å². The summed E-state index contributed by atoms with van der Waals surface area (Å²) in [5, 5.41) is 11.0. The van der Waals surface area contributed by atoms with E-state index in [1.807, 2.05) is 32.0 Å². The Balaban J connectivity index is 1.59. The SMILES string of the molecule is CC(C)(CCNCCOc1ccc(/C(=C(/CC(F)(F)F)c2ccccc2)c2ccc3[nH]ncc3c2)cc1)C(N)=O. The van der Waals surface area contributed by atoms with E-state index in [9.17, 15) is 18.0 Å². The Morgan fingerprint density at radius 2 is 1.65 bits per heavy atom. The smallest absolute Gasteiger partial charge is 0.393 e. The molecule has 3 aromatic carbocycles. The molecule has 0 fully saturated rings. The fraction of sp³-hybridized carbons (Fsp3) is 0.290. The highest BCUT2D eigenvalue weighted by Crippen LogP contribution is 2.40. The minimum absolute atomic E-state index is 0.188. The van der Waals surface area contributed by atoms with Gasteiger partial charge in [0.1, 0.15) is 12.4 Å². The molecule has 4 aromatic rings. The molecule has 40 heavy (non-hydrogen) atoms. The third kappa shape index (κ3) is 7.51. The predicted octanol–water partition coefficient (Wildman–Crippen LogP) is 6.34. The summed E-state index contributed by atoms with van der Waals surface area (Å²) in [6, 6.07) is 21.2. The van der Waals surface area contributed by atoms with Crippen molar-refractivity contribution in [2.45, 2.75) is 32.9 Å². The lowest BCUT2D eigenvalue weighted by molar-refractivity contribution is -0.126. The number of carbonyl (C=O) groups is 1. The largest absolute Gasteiger partial charge is 0.492 e. The van der Waals surface area contributed by atoms with Crippen LogP contribution in [-0.4, -0.2) is 42.0 Å². The number of hydrogen-bond acceptors (Lipinski definition) is 4. The van der Waals surface area contributed by atoms with E-state index in [4.69, 9.17) is 10.5 Å². The van der Waals surface area contributed by atoms with E-state index in [-0.39, 0.29) is 11.5 Å². The summed E-state index contributed by atoms with van der Waals surface area (Å²) < 4.78 is 47.5. The zero-order valence-corrected chi connectivity index (χ0v) is 22.5. The van der Waals surface area contributed by atoms with Gasteiger partial charge in [-0.1, -0.05) is 62.4 Å². The molecular weight excluding hydrogens is 517 g/mol. The van der Waals surface area contributed by atoms with Crippen LogP contribution in [0.25, 0.3) is 22.0 Å². The molecule has 0 unspecified atom stereocenters. The number of hydrogen-bond donors (Lipinski definition) is 3. The average Bonchev–Trinajstić information content (AvgIpc) is 3.39. The van der Waals surface area contributed by atoms with Crippen LogP contribution in [0.15, 0.2) is 79.0 Å². The number of carbonyl (C=O) groups excluding carboxylic acids is 1. The van der Waals surface area contributed by atoms with Crippen LogP contribution >= 0.6 is 0 Å². The van der Waals surface area contributed by atoms with Gasteiger partial charge >= 0.3 is 6.18 Å². The number of halogens is 3. The van der Waals surface area contributed by atoms with Gasteiger partial charge in [0.25, 0.3) is 0 Å². The maximum absolute atomic E-state index is 13.9. The summed E-state index contributed by atoms with van der Waals surface area (Å²) in [4.78, 5) is 11.4. The van der Waals surface area contributed by atoms with Crippen LogP contribution in [0.4, 0.5) is 13.2 Å². The second-order valence-electron chi connectivity index (χ2n) is 10.3. The number of nitrogens with zero attached hydrogens (tertiary/aromatic N) is 1. The fourth-order valence-corrected chi connectivity index (χ4v) is 4.40. The number of rotatable bonds is 12. The molecule has 9 heteroatoms. The van der Waals surface area contributed by atoms with Gasteiger partial charge < -0.3 is 15.8 Å². The van der Waals surface area contributed by atoms with Crippen LogP contribution in [0, 0.1) is 5.41 Å². The number of fused-ring (bicyclic) bond motifs is 1. The summed E-state index contributed by atoms with van der Waals surface area (Å²) in [5.74, 6) is 0.263. The minimum Gasteiger partial charge on any atom is -0.492 e. The van der Waals surface area contributed by atoms with Gasteiger partial charge in [-0.25, -0.2) is 0 Å². The molecule has 0 radical (unpaired) electrons. The van der Waals surface area contributed by atoms with Crippen LogP contribution in [0.5, 0.6) is 5.75 Å². The van der Waals surface area contributed by atoms with Crippen LogP contribution in [-0.2, 0) is 4.79 Å². The van der Waals surface area contributed by atoms with E-state index in [0.29, 0.717) is 54.1 Å². The standard InChI is InChI=1S/C31H33F3N4O2/c1-30(2,29(35)39)14-15-36-16-17-40-25-11-8-22(9-12-25)28(23-10-13-27-24(18-23)20-37-38-27)26(19-31(32,33)34)21-6-4-3-5-7-21/h3-13,18,20,36H,14-17,19H2,1-2H3,(H2,35,39)(H,37,38)/b28-26+. The Hall–Kier alpha value is -4.11. The number of aromatic nitrogens is 2. The van der Waals surface area contributed by atoms with E-state index in [0.717, 1.165) is 10.9 Å². The summed E-state index contributed by atoms with van der Waals surface area (Å²) >= 11 is 0. The second kappa shape index (κ2) is 12.4. The zero-order valence-electron chi connectivity index (χ0n) is 22.5. The molecule has 0 aliphatic carbocycles. The lowest BCUT2D eigenvalue weighted by atomic mass is 9.87. The molecule has 0 atom stereocenters. The highest BCUT2D eigenvalue weighted by atomic mass is 19.4. The Morgan fingerprint density at radius 1 is 0.950 bits per heavy atom. The van der Waals surface area contributed by atoms with Crippen molar-refractivity contribution in [3.63, 3.8) is 0 Å². The molecule has 4 rings (SSSR count). The monoisotopic (exact) mass is 550 g/mol. The first-order chi connectivity index (χ1) is 19.0. The molecule has 4 N–H and O–H groups in total. The van der Waals surface area contributed by atoms with E-state index in [1.54, 1.807) is 60.8 Å². The number of aromatic amines is 1. The van der Waals surface area contributed by atoms with Gasteiger partial charge in [-0.15, -0.1) is 0 Å². The third-order valence-electron chi connectivity index (χ3n) is 6.81. The third-order valence-corrected chi connectivity index (χ3v) is 6.81. The van der Waals surface area contributed by atoms with Gasteiger partial charge in [0.15, 0.2) is 0 Å². The van der Waals surface area contributed by atoms with Gasteiger partial charge in [0.2, 0.25) is 5.91 Å². The molecule has 0 aliphatic rings. The molecule has 1 amide bonds. The van der Waals surface area contributed by atoms with Crippen LogP contribution in [0.1, 0.15) is 43.4 Å². The van der Waals surface area contributed by atoms with Gasteiger partial charge in [-0.05, 0) is 65.1 Å². The number of primary amides is 1. The summed E-state index contributed by atoms with van der Waals surface area (Å²) in [6.07, 6.45) is -3.22. The molecule has 6 nitrogen and oxygen atoms in total. The molecule has 0 aliphatic heterocycles. The first kappa shape index (κ1) is 28.9. The van der Waals surface area contributed by atoms with E-state index in [1.165, 1.54) is 0 Å². The number of nitrogens with one attached hydrogen (secondary N) is 2. The van der Waals surface area contributed by atoms with Crippen molar-refractivity contribution >= 4 is 28.0 Å². The van der Waals surface area contributed by atoms with Crippen molar-refractivity contribution in [1.29, 1.82) is 0 Å². The number of H-pyrrole nitrogens is 1. The van der Waals surface area contributed by atoms with Crippen molar-refractivity contribution in [2.75, 3.05) is 19.7 Å².